The largest absolute Gasteiger partial charge is 0.336 e. The zero-order valence-corrected chi connectivity index (χ0v) is 16.1. The van der Waals surface area contributed by atoms with Crippen molar-refractivity contribution in [3.63, 3.8) is 0 Å². The summed E-state index contributed by atoms with van der Waals surface area (Å²) in [6, 6.07) is 13.0. The van der Waals surface area contributed by atoms with Crippen molar-refractivity contribution >= 4 is 21.8 Å². The highest BCUT2D eigenvalue weighted by Crippen LogP contribution is 2.22. The van der Waals surface area contributed by atoms with Crippen molar-refractivity contribution in [2.45, 2.75) is 13.0 Å². The molecule has 0 saturated carbocycles. The Morgan fingerprint density at radius 2 is 1.70 bits per heavy atom. The van der Waals surface area contributed by atoms with E-state index in [1.807, 2.05) is 24.3 Å². The quantitative estimate of drug-likeness (QED) is 0.784. The zero-order valence-electron chi connectivity index (χ0n) is 15.3. The highest BCUT2D eigenvalue weighted by atomic mass is 32.2. The molecule has 1 aliphatic rings. The van der Waals surface area contributed by atoms with Gasteiger partial charge in [0, 0.05) is 27.2 Å². The first-order valence-corrected chi connectivity index (χ1v) is 9.99. The second-order valence-corrected chi connectivity index (χ2v) is 8.67. The number of anilines is 1. The highest BCUT2D eigenvalue weighted by Gasteiger charge is 2.30. The molecule has 3 rings (SSSR count). The van der Waals surface area contributed by atoms with E-state index in [1.54, 1.807) is 4.90 Å². The third kappa shape index (κ3) is 4.12. The fourth-order valence-electron chi connectivity index (χ4n) is 3.04. The summed E-state index contributed by atoms with van der Waals surface area (Å²) in [6.07, 6.45) is 0.735. The van der Waals surface area contributed by atoms with Gasteiger partial charge in [-0.15, -0.1) is 0 Å². The summed E-state index contributed by atoms with van der Waals surface area (Å²) in [5.74, 6) is -0.765. The van der Waals surface area contributed by atoms with Gasteiger partial charge in [-0.2, -0.15) is 12.7 Å². The summed E-state index contributed by atoms with van der Waals surface area (Å²) in [7, 11) is -1.11. The van der Waals surface area contributed by atoms with E-state index >= 15 is 0 Å². The van der Waals surface area contributed by atoms with E-state index in [1.165, 1.54) is 43.9 Å². The molecule has 0 unspecified atom stereocenters. The molecule has 1 heterocycles. The third-order valence-electron chi connectivity index (χ3n) is 4.62. The topological polar surface area (TPSA) is 60.9 Å². The van der Waals surface area contributed by atoms with Crippen LogP contribution in [0.15, 0.2) is 48.5 Å². The van der Waals surface area contributed by atoms with Crippen LogP contribution in [0, 0.1) is 5.82 Å². The van der Waals surface area contributed by atoms with Gasteiger partial charge in [0.15, 0.2) is 0 Å². The van der Waals surface area contributed by atoms with Crippen LogP contribution in [0.2, 0.25) is 0 Å². The molecule has 1 aliphatic heterocycles. The van der Waals surface area contributed by atoms with Crippen LogP contribution >= 0.6 is 0 Å². The Morgan fingerprint density at radius 3 is 2.33 bits per heavy atom. The lowest BCUT2D eigenvalue weighted by Crippen LogP contribution is -2.47. The highest BCUT2D eigenvalue weighted by molar-refractivity contribution is 7.90. The van der Waals surface area contributed by atoms with E-state index in [2.05, 4.69) is 0 Å². The number of hydrogen-bond acceptors (Lipinski definition) is 3. The lowest BCUT2D eigenvalue weighted by Gasteiger charge is -2.32. The molecule has 0 aliphatic carbocycles. The molecule has 0 fully saturated rings. The molecule has 0 bridgehead atoms. The van der Waals surface area contributed by atoms with Crippen LogP contribution in [-0.2, 0) is 28.0 Å². The Kier molecular flexibility index (Phi) is 5.48. The lowest BCUT2D eigenvalue weighted by molar-refractivity contribution is -0.130. The summed E-state index contributed by atoms with van der Waals surface area (Å²) in [5.41, 5.74) is 2.52. The van der Waals surface area contributed by atoms with Crippen molar-refractivity contribution < 1.29 is 17.6 Å². The van der Waals surface area contributed by atoms with Crippen LogP contribution in [0.1, 0.15) is 11.1 Å². The summed E-state index contributed by atoms with van der Waals surface area (Å²) in [4.78, 5) is 14.5. The van der Waals surface area contributed by atoms with Gasteiger partial charge in [0.1, 0.15) is 12.4 Å². The molecule has 27 heavy (non-hydrogen) atoms. The van der Waals surface area contributed by atoms with E-state index < -0.39 is 16.0 Å². The van der Waals surface area contributed by atoms with Crippen molar-refractivity contribution in [1.29, 1.82) is 0 Å². The Balaban J connectivity index is 1.84. The number of hydrogen-bond donors (Lipinski definition) is 0. The molecule has 0 aromatic heterocycles. The summed E-state index contributed by atoms with van der Waals surface area (Å²) < 4.78 is 40.7. The number of benzene rings is 2. The van der Waals surface area contributed by atoms with Crippen molar-refractivity contribution in [1.82, 2.24) is 9.21 Å². The maximum Gasteiger partial charge on any atom is 0.304 e. The number of nitrogens with zero attached hydrogens (tertiary/aromatic N) is 3. The molecule has 0 spiro atoms. The minimum atomic E-state index is -3.90. The van der Waals surface area contributed by atoms with Gasteiger partial charge in [0.25, 0.3) is 0 Å². The summed E-state index contributed by atoms with van der Waals surface area (Å²) in [6.45, 7) is 0.651. The van der Waals surface area contributed by atoms with E-state index in [4.69, 9.17) is 0 Å². The number of halogens is 1. The first kappa shape index (κ1) is 19.3. The zero-order chi connectivity index (χ0) is 19.6. The molecule has 0 atom stereocenters. The standard InChI is InChI=1S/C19H22FN3O3S/c1-21(2)27(25,26)23(18-9-7-17(20)8-10-18)14-19(24)22-12-11-15-5-3-4-6-16(15)13-22/h3-10H,11-14H2,1-2H3. The molecule has 2 aromatic rings. The molecule has 8 heteroatoms. The smallest absolute Gasteiger partial charge is 0.304 e. The second-order valence-electron chi connectivity index (χ2n) is 6.61. The Bertz CT molecular complexity index is 929. The molecule has 0 saturated heterocycles. The van der Waals surface area contributed by atoms with Crippen LogP contribution in [0.3, 0.4) is 0 Å². The lowest BCUT2D eigenvalue weighted by atomic mass is 10.00. The normalized spacial score (nSPS) is 14.1. The molecule has 1 amide bonds. The minimum Gasteiger partial charge on any atom is -0.336 e. The molecule has 0 radical (unpaired) electrons. The van der Waals surface area contributed by atoms with Crippen LogP contribution in [0.4, 0.5) is 10.1 Å². The van der Waals surface area contributed by atoms with Gasteiger partial charge in [-0.25, -0.2) is 8.70 Å². The van der Waals surface area contributed by atoms with Crippen molar-refractivity contribution in [2.24, 2.45) is 0 Å². The fourth-order valence-corrected chi connectivity index (χ4v) is 4.10. The molecular formula is C19H22FN3O3S. The van der Waals surface area contributed by atoms with Crippen LogP contribution < -0.4 is 4.31 Å². The van der Waals surface area contributed by atoms with Gasteiger partial charge in [-0.1, -0.05) is 24.3 Å². The van der Waals surface area contributed by atoms with Crippen LogP contribution in [0.5, 0.6) is 0 Å². The predicted molar refractivity (Wildman–Crippen MR) is 102 cm³/mol. The number of amides is 1. The average Bonchev–Trinajstić information content (AvgIpc) is 2.66. The molecule has 2 aromatic carbocycles. The van der Waals surface area contributed by atoms with Gasteiger partial charge in [-0.05, 0) is 41.8 Å². The van der Waals surface area contributed by atoms with Gasteiger partial charge in [0.2, 0.25) is 5.91 Å². The van der Waals surface area contributed by atoms with Crippen LogP contribution in [0.25, 0.3) is 0 Å². The first-order valence-electron chi connectivity index (χ1n) is 8.59. The van der Waals surface area contributed by atoms with Crippen molar-refractivity contribution in [3.05, 3.63) is 65.5 Å². The summed E-state index contributed by atoms with van der Waals surface area (Å²) >= 11 is 0. The monoisotopic (exact) mass is 391 g/mol. The fraction of sp³-hybridized carbons (Fsp3) is 0.316. The van der Waals surface area contributed by atoms with Gasteiger partial charge < -0.3 is 4.90 Å². The maximum atomic E-state index is 13.2. The van der Waals surface area contributed by atoms with Gasteiger partial charge in [-0.3, -0.25) is 4.79 Å². The van der Waals surface area contributed by atoms with Crippen molar-refractivity contribution in [2.75, 3.05) is 31.5 Å². The number of rotatable bonds is 5. The third-order valence-corrected chi connectivity index (χ3v) is 6.44. The molecule has 6 nitrogen and oxygen atoms in total. The number of carbonyl (C=O) groups is 1. The molecular weight excluding hydrogens is 369 g/mol. The molecule has 144 valence electrons. The van der Waals surface area contributed by atoms with Crippen molar-refractivity contribution in [3.8, 4) is 0 Å². The van der Waals surface area contributed by atoms with E-state index in [0.717, 1.165) is 20.6 Å². The van der Waals surface area contributed by atoms with Crippen LogP contribution in [-0.4, -0.2) is 50.7 Å². The average molecular weight is 391 g/mol. The van der Waals surface area contributed by atoms with Gasteiger partial charge >= 0.3 is 10.2 Å². The Hall–Kier alpha value is -2.45. The first-order chi connectivity index (χ1) is 12.8. The van der Waals surface area contributed by atoms with E-state index in [9.17, 15) is 17.6 Å². The number of carbonyl (C=O) groups excluding carboxylic acids is 1. The Labute approximate surface area is 159 Å². The molecule has 0 N–H and O–H groups in total. The maximum absolute atomic E-state index is 13.2. The Morgan fingerprint density at radius 1 is 1.07 bits per heavy atom. The van der Waals surface area contributed by atoms with E-state index in [-0.39, 0.29) is 18.1 Å². The predicted octanol–water partition coefficient (Wildman–Crippen LogP) is 2.02. The van der Waals surface area contributed by atoms with Gasteiger partial charge in [0.05, 0.1) is 5.69 Å². The summed E-state index contributed by atoms with van der Waals surface area (Å²) in [5, 5.41) is 0. The van der Waals surface area contributed by atoms with E-state index in [0.29, 0.717) is 13.1 Å². The minimum absolute atomic E-state index is 0.246. The second kappa shape index (κ2) is 7.66. The number of fused-ring (bicyclic) bond motifs is 1. The SMILES string of the molecule is CN(C)S(=O)(=O)N(CC(=O)N1CCc2ccccc2C1)c1ccc(F)cc1.